The van der Waals surface area contributed by atoms with Crippen LogP contribution in [0.25, 0.3) is 10.1 Å². The lowest BCUT2D eigenvalue weighted by Crippen LogP contribution is -2.39. The Hall–Kier alpha value is -0.900. The van der Waals surface area contributed by atoms with Crippen LogP contribution in [0.1, 0.15) is 50.2 Å². The van der Waals surface area contributed by atoms with Crippen LogP contribution in [0.5, 0.6) is 0 Å². The van der Waals surface area contributed by atoms with Gasteiger partial charge in [0.25, 0.3) is 0 Å². The highest BCUT2D eigenvalue weighted by atomic mass is 32.1. The molecule has 2 aliphatic rings. The molecular formula is C18H22O2S. The molecule has 4 rings (SSSR count). The van der Waals surface area contributed by atoms with Crippen molar-refractivity contribution < 1.29 is 9.84 Å². The van der Waals surface area contributed by atoms with Gasteiger partial charge < -0.3 is 9.84 Å². The van der Waals surface area contributed by atoms with Gasteiger partial charge in [0, 0.05) is 11.3 Å². The van der Waals surface area contributed by atoms with Crippen molar-refractivity contribution in [2.45, 2.75) is 50.2 Å². The van der Waals surface area contributed by atoms with E-state index in [2.05, 4.69) is 29.6 Å². The summed E-state index contributed by atoms with van der Waals surface area (Å²) in [6.45, 7) is 0.809. The molecule has 2 unspecified atom stereocenters. The van der Waals surface area contributed by atoms with Gasteiger partial charge in [-0.25, -0.2) is 0 Å². The Labute approximate surface area is 129 Å². The largest absolute Gasteiger partial charge is 0.388 e. The first-order chi connectivity index (χ1) is 10.3. The number of thiophene rings is 1. The van der Waals surface area contributed by atoms with E-state index < -0.39 is 0 Å². The van der Waals surface area contributed by atoms with Gasteiger partial charge in [-0.1, -0.05) is 31.0 Å². The minimum atomic E-state index is -0.345. The Balaban J connectivity index is 1.60. The molecule has 1 aliphatic heterocycles. The molecule has 2 nitrogen and oxygen atoms in total. The lowest BCUT2D eigenvalue weighted by Gasteiger charge is -2.40. The topological polar surface area (TPSA) is 29.5 Å². The van der Waals surface area contributed by atoms with Crippen LogP contribution >= 0.6 is 11.3 Å². The molecule has 1 aromatic carbocycles. The fraction of sp³-hybridized carbons (Fsp3) is 0.556. The Kier molecular flexibility index (Phi) is 3.52. The third-order valence-corrected chi connectivity index (χ3v) is 6.30. The van der Waals surface area contributed by atoms with E-state index in [1.165, 1.54) is 35.8 Å². The molecule has 0 amide bonds. The molecule has 0 bridgehead atoms. The van der Waals surface area contributed by atoms with Crippen LogP contribution in [0.4, 0.5) is 0 Å². The Bertz CT molecular complexity index is 627. The van der Waals surface area contributed by atoms with Gasteiger partial charge in [-0.05, 0) is 54.0 Å². The van der Waals surface area contributed by atoms with E-state index in [-0.39, 0.29) is 11.7 Å². The van der Waals surface area contributed by atoms with Crippen LogP contribution in [-0.4, -0.2) is 17.3 Å². The highest BCUT2D eigenvalue weighted by molar-refractivity contribution is 7.17. The molecule has 2 atom stereocenters. The van der Waals surface area contributed by atoms with Crippen molar-refractivity contribution in [3.05, 3.63) is 35.2 Å². The first-order valence-electron chi connectivity index (χ1n) is 8.06. The van der Waals surface area contributed by atoms with Crippen molar-refractivity contribution in [3.63, 3.8) is 0 Å². The maximum absolute atomic E-state index is 10.9. The first kappa shape index (κ1) is 13.7. The standard InChI is InChI=1S/C18H22O2S/c19-17(15-12-21-16-6-2-1-5-14(15)16)13-7-10-20-18(11-13)8-3-4-9-18/h1-2,5-6,12-13,17,19H,3-4,7-11H2. The van der Waals surface area contributed by atoms with Crippen molar-refractivity contribution >= 4 is 21.4 Å². The minimum absolute atomic E-state index is 0.0791. The van der Waals surface area contributed by atoms with Gasteiger partial charge in [-0.2, -0.15) is 0 Å². The summed E-state index contributed by atoms with van der Waals surface area (Å²) in [5, 5.41) is 14.3. The summed E-state index contributed by atoms with van der Waals surface area (Å²) in [5.74, 6) is 0.342. The molecule has 1 spiro atoms. The maximum atomic E-state index is 10.9. The zero-order valence-corrected chi connectivity index (χ0v) is 13.1. The number of ether oxygens (including phenoxy) is 1. The lowest BCUT2D eigenvalue weighted by atomic mass is 9.80. The second-order valence-corrected chi connectivity index (χ2v) is 7.53. The van der Waals surface area contributed by atoms with E-state index >= 15 is 0 Å². The highest BCUT2D eigenvalue weighted by Gasteiger charge is 2.42. The normalized spacial score (nSPS) is 26.4. The highest BCUT2D eigenvalue weighted by Crippen LogP contribution is 2.46. The van der Waals surface area contributed by atoms with E-state index in [0.29, 0.717) is 5.92 Å². The molecule has 2 fully saturated rings. The second-order valence-electron chi connectivity index (χ2n) is 6.62. The second kappa shape index (κ2) is 5.38. The van der Waals surface area contributed by atoms with Gasteiger partial charge in [0.15, 0.2) is 0 Å². The number of hydrogen-bond acceptors (Lipinski definition) is 3. The molecule has 1 aromatic heterocycles. The predicted octanol–water partition coefficient (Wildman–Crippen LogP) is 4.67. The Morgan fingerprint density at radius 3 is 2.90 bits per heavy atom. The molecule has 1 N–H and O–H groups in total. The van der Waals surface area contributed by atoms with Crippen LogP contribution in [0.2, 0.25) is 0 Å². The molecule has 0 radical (unpaired) electrons. The molecule has 1 saturated carbocycles. The zero-order chi connectivity index (χ0) is 14.3. The van der Waals surface area contributed by atoms with Gasteiger partial charge >= 0.3 is 0 Å². The van der Waals surface area contributed by atoms with Crippen LogP contribution in [0.3, 0.4) is 0 Å². The van der Waals surface area contributed by atoms with E-state index in [1.807, 2.05) is 0 Å². The molecule has 1 saturated heterocycles. The summed E-state index contributed by atoms with van der Waals surface area (Å²) >= 11 is 1.74. The number of rotatable bonds is 2. The summed E-state index contributed by atoms with van der Waals surface area (Å²) in [5.41, 5.74) is 1.20. The summed E-state index contributed by atoms with van der Waals surface area (Å²) < 4.78 is 7.38. The summed E-state index contributed by atoms with van der Waals surface area (Å²) in [6, 6.07) is 8.40. The van der Waals surface area contributed by atoms with E-state index in [9.17, 15) is 5.11 Å². The predicted molar refractivity (Wildman–Crippen MR) is 86.7 cm³/mol. The minimum Gasteiger partial charge on any atom is -0.388 e. The van der Waals surface area contributed by atoms with Crippen LogP contribution in [0.15, 0.2) is 29.6 Å². The third-order valence-electron chi connectivity index (χ3n) is 5.32. The van der Waals surface area contributed by atoms with Crippen molar-refractivity contribution in [3.8, 4) is 0 Å². The summed E-state index contributed by atoms with van der Waals surface area (Å²) in [6.07, 6.45) is 6.59. The summed E-state index contributed by atoms with van der Waals surface area (Å²) in [7, 11) is 0. The lowest BCUT2D eigenvalue weighted by molar-refractivity contribution is -0.113. The monoisotopic (exact) mass is 302 g/mol. The van der Waals surface area contributed by atoms with Gasteiger partial charge in [0.2, 0.25) is 0 Å². The first-order valence-corrected chi connectivity index (χ1v) is 8.94. The SMILES string of the molecule is OC(c1csc2ccccc12)C1CCOC2(CCCC2)C1. The molecular weight excluding hydrogens is 280 g/mol. The molecule has 1 aliphatic carbocycles. The van der Waals surface area contributed by atoms with Crippen molar-refractivity contribution in [2.24, 2.45) is 5.92 Å². The zero-order valence-electron chi connectivity index (χ0n) is 12.3. The van der Waals surface area contributed by atoms with Gasteiger partial charge in [0.1, 0.15) is 0 Å². The number of hydrogen-bond donors (Lipinski definition) is 1. The fourth-order valence-corrected chi connectivity index (χ4v) is 5.17. The fourth-order valence-electron chi connectivity index (χ4n) is 4.18. The van der Waals surface area contributed by atoms with Gasteiger partial charge in [-0.3, -0.25) is 0 Å². The Morgan fingerprint density at radius 2 is 2.05 bits per heavy atom. The number of fused-ring (bicyclic) bond motifs is 1. The van der Waals surface area contributed by atoms with Crippen LogP contribution in [-0.2, 0) is 4.74 Å². The average Bonchev–Trinajstić information content (AvgIpc) is 3.14. The van der Waals surface area contributed by atoms with Crippen molar-refractivity contribution in [1.29, 1.82) is 0 Å². The maximum Gasteiger partial charge on any atom is 0.0834 e. The van der Waals surface area contributed by atoms with Gasteiger partial charge in [0.05, 0.1) is 11.7 Å². The number of aliphatic hydroxyl groups is 1. The van der Waals surface area contributed by atoms with E-state index in [4.69, 9.17) is 4.74 Å². The van der Waals surface area contributed by atoms with Crippen molar-refractivity contribution in [1.82, 2.24) is 0 Å². The van der Waals surface area contributed by atoms with Crippen LogP contribution < -0.4 is 0 Å². The Morgan fingerprint density at radius 1 is 1.24 bits per heavy atom. The molecule has 21 heavy (non-hydrogen) atoms. The quantitative estimate of drug-likeness (QED) is 0.873. The summed E-state index contributed by atoms with van der Waals surface area (Å²) in [4.78, 5) is 0. The van der Waals surface area contributed by atoms with E-state index in [0.717, 1.165) is 25.0 Å². The third kappa shape index (κ3) is 2.41. The smallest absolute Gasteiger partial charge is 0.0834 e. The van der Waals surface area contributed by atoms with Crippen molar-refractivity contribution in [2.75, 3.05) is 6.61 Å². The van der Waals surface area contributed by atoms with Gasteiger partial charge in [-0.15, -0.1) is 11.3 Å². The molecule has 2 aromatic rings. The number of benzene rings is 1. The average molecular weight is 302 g/mol. The molecule has 3 heteroatoms. The van der Waals surface area contributed by atoms with E-state index in [1.54, 1.807) is 11.3 Å². The molecule has 112 valence electrons. The molecule has 2 heterocycles. The number of aliphatic hydroxyl groups excluding tert-OH is 1. The van der Waals surface area contributed by atoms with Crippen LogP contribution in [0, 0.1) is 5.92 Å².